The number of anilines is 1. The van der Waals surface area contributed by atoms with Crippen molar-refractivity contribution in [2.24, 2.45) is 0 Å². The number of carbonyl (C=O) groups excluding carboxylic acids is 1. The summed E-state index contributed by atoms with van der Waals surface area (Å²) in [6.45, 7) is 1.85. The van der Waals surface area contributed by atoms with Crippen molar-refractivity contribution in [1.82, 2.24) is 4.98 Å². The fourth-order valence-electron chi connectivity index (χ4n) is 1.95. The van der Waals surface area contributed by atoms with Gasteiger partial charge in [-0.3, -0.25) is 9.59 Å². The van der Waals surface area contributed by atoms with Gasteiger partial charge in [-0.25, -0.2) is 0 Å². The summed E-state index contributed by atoms with van der Waals surface area (Å²) in [5.41, 5.74) is 0.679. The summed E-state index contributed by atoms with van der Waals surface area (Å²) in [7, 11) is 0. The van der Waals surface area contributed by atoms with Gasteiger partial charge < -0.3 is 19.8 Å². The molecule has 1 aliphatic rings. The van der Waals surface area contributed by atoms with E-state index in [0.717, 1.165) is 0 Å². The molecular formula is C14H11ClN2O4. The number of aryl methyl sites for hydroxylation is 1. The van der Waals surface area contributed by atoms with Crippen LogP contribution in [0.4, 0.5) is 5.69 Å². The molecule has 21 heavy (non-hydrogen) atoms. The van der Waals surface area contributed by atoms with Gasteiger partial charge in [0.2, 0.25) is 6.79 Å². The number of rotatable bonds is 2. The molecule has 0 aliphatic carbocycles. The molecule has 0 saturated carbocycles. The third kappa shape index (κ3) is 2.57. The number of hydrogen-bond donors (Lipinski definition) is 2. The van der Waals surface area contributed by atoms with Gasteiger partial charge in [0.25, 0.3) is 5.91 Å². The molecule has 1 aromatic heterocycles. The number of H-pyrrole nitrogens is 1. The number of aromatic amines is 1. The molecule has 2 N–H and O–H groups in total. The lowest BCUT2D eigenvalue weighted by atomic mass is 10.2. The van der Waals surface area contributed by atoms with Crippen LogP contribution in [-0.2, 0) is 0 Å². The highest BCUT2D eigenvalue weighted by Gasteiger charge is 2.19. The Kier molecular flexibility index (Phi) is 3.31. The average molecular weight is 307 g/mol. The molecule has 0 radical (unpaired) electrons. The Morgan fingerprint density at radius 3 is 2.71 bits per heavy atom. The molecule has 0 spiro atoms. The number of amides is 1. The van der Waals surface area contributed by atoms with Crippen LogP contribution in [0.1, 0.15) is 16.1 Å². The molecule has 3 rings (SSSR count). The standard InChI is InChI=1S/C14H11ClN2O4/c1-7-2-11(18)8(5-16-7)14(19)17-10-4-13-12(3-9(10)15)20-6-21-13/h2-5H,6H2,1H3,(H,16,18)(H,17,19). The zero-order valence-corrected chi connectivity index (χ0v) is 11.8. The Labute approximate surface area is 124 Å². The van der Waals surface area contributed by atoms with E-state index in [1.807, 2.05) is 0 Å². The van der Waals surface area contributed by atoms with Gasteiger partial charge >= 0.3 is 0 Å². The second-order valence-corrected chi connectivity index (χ2v) is 4.94. The molecule has 0 fully saturated rings. The number of fused-ring (bicyclic) bond motifs is 1. The van der Waals surface area contributed by atoms with E-state index in [0.29, 0.717) is 27.9 Å². The molecule has 108 valence electrons. The maximum atomic E-state index is 12.1. The molecule has 2 heterocycles. The second-order valence-electron chi connectivity index (χ2n) is 4.53. The van der Waals surface area contributed by atoms with Crippen LogP contribution in [0.3, 0.4) is 0 Å². The Bertz CT molecular complexity index is 785. The van der Waals surface area contributed by atoms with Gasteiger partial charge in [-0.15, -0.1) is 0 Å². The van der Waals surface area contributed by atoms with Crippen molar-refractivity contribution in [3.8, 4) is 11.5 Å². The number of benzene rings is 1. The number of halogens is 1. The highest BCUT2D eigenvalue weighted by atomic mass is 35.5. The van der Waals surface area contributed by atoms with Crippen LogP contribution in [0.15, 0.2) is 29.2 Å². The number of carbonyl (C=O) groups is 1. The van der Waals surface area contributed by atoms with Crippen molar-refractivity contribution < 1.29 is 14.3 Å². The van der Waals surface area contributed by atoms with Crippen molar-refractivity contribution >= 4 is 23.2 Å². The molecule has 6 nitrogen and oxygen atoms in total. The molecule has 1 aromatic carbocycles. The zero-order valence-electron chi connectivity index (χ0n) is 11.0. The van der Waals surface area contributed by atoms with Gasteiger partial charge in [-0.2, -0.15) is 0 Å². The van der Waals surface area contributed by atoms with Crippen molar-refractivity contribution in [3.63, 3.8) is 0 Å². The molecule has 0 saturated heterocycles. The minimum atomic E-state index is -0.544. The predicted octanol–water partition coefficient (Wildman–Crippen LogP) is 2.32. The van der Waals surface area contributed by atoms with Crippen LogP contribution in [0.25, 0.3) is 0 Å². The lowest BCUT2D eigenvalue weighted by Gasteiger charge is -2.08. The van der Waals surface area contributed by atoms with Gasteiger partial charge in [-0.1, -0.05) is 11.6 Å². The smallest absolute Gasteiger partial charge is 0.261 e. The van der Waals surface area contributed by atoms with Gasteiger partial charge in [0.15, 0.2) is 16.9 Å². The van der Waals surface area contributed by atoms with Gasteiger partial charge in [0.1, 0.15) is 5.56 Å². The molecule has 1 aliphatic heterocycles. The Balaban J connectivity index is 1.90. The van der Waals surface area contributed by atoms with E-state index in [4.69, 9.17) is 21.1 Å². The number of nitrogens with one attached hydrogen (secondary N) is 2. The number of ether oxygens (including phenoxy) is 2. The summed E-state index contributed by atoms with van der Waals surface area (Å²) < 4.78 is 10.4. The van der Waals surface area contributed by atoms with Gasteiger partial charge in [-0.05, 0) is 6.92 Å². The molecule has 0 bridgehead atoms. The predicted molar refractivity (Wildman–Crippen MR) is 77.3 cm³/mol. The third-order valence-electron chi connectivity index (χ3n) is 3.01. The van der Waals surface area contributed by atoms with Crippen LogP contribution >= 0.6 is 11.6 Å². The topological polar surface area (TPSA) is 80.4 Å². The van der Waals surface area contributed by atoms with E-state index in [2.05, 4.69) is 10.3 Å². The van der Waals surface area contributed by atoms with E-state index in [-0.39, 0.29) is 17.8 Å². The van der Waals surface area contributed by atoms with Crippen molar-refractivity contribution in [3.05, 3.63) is 50.9 Å². The third-order valence-corrected chi connectivity index (χ3v) is 3.33. The first-order valence-electron chi connectivity index (χ1n) is 6.14. The molecule has 1 amide bonds. The lowest BCUT2D eigenvalue weighted by Crippen LogP contribution is -2.21. The number of hydrogen-bond acceptors (Lipinski definition) is 4. The number of pyridine rings is 1. The van der Waals surface area contributed by atoms with Gasteiger partial charge in [0, 0.05) is 30.1 Å². The first-order valence-corrected chi connectivity index (χ1v) is 6.52. The van der Waals surface area contributed by atoms with E-state index in [9.17, 15) is 9.59 Å². The first kappa shape index (κ1) is 13.5. The van der Waals surface area contributed by atoms with E-state index in [1.54, 1.807) is 19.1 Å². The van der Waals surface area contributed by atoms with Gasteiger partial charge in [0.05, 0.1) is 10.7 Å². The lowest BCUT2D eigenvalue weighted by molar-refractivity contribution is 0.102. The Morgan fingerprint density at radius 2 is 2.00 bits per heavy atom. The van der Waals surface area contributed by atoms with Crippen LogP contribution in [0.2, 0.25) is 5.02 Å². The summed E-state index contributed by atoms with van der Waals surface area (Å²) in [5.74, 6) is 0.468. The molecule has 2 aromatic rings. The Morgan fingerprint density at radius 1 is 1.29 bits per heavy atom. The van der Waals surface area contributed by atoms with E-state index < -0.39 is 5.91 Å². The van der Waals surface area contributed by atoms with Crippen LogP contribution in [0.5, 0.6) is 11.5 Å². The van der Waals surface area contributed by atoms with Crippen molar-refractivity contribution in [2.45, 2.75) is 6.92 Å². The number of aromatic nitrogens is 1. The van der Waals surface area contributed by atoms with Crippen LogP contribution in [-0.4, -0.2) is 17.7 Å². The second kappa shape index (κ2) is 5.14. The normalized spacial score (nSPS) is 12.3. The molecule has 7 heteroatoms. The quantitative estimate of drug-likeness (QED) is 0.892. The first-order chi connectivity index (χ1) is 10.0. The molecular weight excluding hydrogens is 296 g/mol. The minimum absolute atomic E-state index is 0.00864. The Hall–Kier alpha value is -2.47. The zero-order chi connectivity index (χ0) is 15.0. The highest BCUT2D eigenvalue weighted by Crippen LogP contribution is 2.39. The summed E-state index contributed by atoms with van der Waals surface area (Å²) in [6, 6.07) is 4.47. The highest BCUT2D eigenvalue weighted by molar-refractivity contribution is 6.34. The summed E-state index contributed by atoms with van der Waals surface area (Å²) in [4.78, 5) is 26.7. The minimum Gasteiger partial charge on any atom is -0.454 e. The van der Waals surface area contributed by atoms with Crippen molar-refractivity contribution in [2.75, 3.05) is 12.1 Å². The summed E-state index contributed by atoms with van der Waals surface area (Å²) in [5, 5.41) is 2.89. The maximum absolute atomic E-state index is 12.1. The van der Waals surface area contributed by atoms with Crippen molar-refractivity contribution in [1.29, 1.82) is 0 Å². The van der Waals surface area contributed by atoms with Crippen LogP contribution < -0.4 is 20.2 Å². The van der Waals surface area contributed by atoms with Crippen LogP contribution in [0, 0.1) is 6.92 Å². The maximum Gasteiger partial charge on any atom is 0.261 e. The molecule has 0 unspecified atom stereocenters. The van der Waals surface area contributed by atoms with E-state index in [1.165, 1.54) is 12.3 Å². The summed E-state index contributed by atoms with van der Waals surface area (Å²) in [6.07, 6.45) is 1.37. The fourth-order valence-corrected chi connectivity index (χ4v) is 2.15. The monoisotopic (exact) mass is 306 g/mol. The molecule has 0 atom stereocenters. The van der Waals surface area contributed by atoms with E-state index >= 15 is 0 Å². The SMILES string of the molecule is Cc1cc(=O)c(C(=O)Nc2cc3c(cc2Cl)OCO3)c[nH]1. The largest absolute Gasteiger partial charge is 0.454 e. The fraction of sp³-hybridized carbons (Fsp3) is 0.143. The average Bonchev–Trinajstić information content (AvgIpc) is 2.86. The summed E-state index contributed by atoms with van der Waals surface area (Å²) >= 11 is 6.07.